The minimum atomic E-state index is 0.0117. The van der Waals surface area contributed by atoms with Gasteiger partial charge in [-0.3, -0.25) is 9.78 Å². The second-order valence-corrected chi connectivity index (χ2v) is 8.05. The molecule has 0 aliphatic carbocycles. The molecular formula is C27H24N4O. The first-order valence-corrected chi connectivity index (χ1v) is 10.8. The smallest absolute Gasteiger partial charge is 0.224 e. The number of aryl methyl sites for hydroxylation is 2. The number of nitrogens with zero attached hydrogens (tertiary/aromatic N) is 2. The Morgan fingerprint density at radius 2 is 1.84 bits per heavy atom. The molecule has 0 unspecified atom stereocenters. The van der Waals surface area contributed by atoms with E-state index in [1.54, 1.807) is 24.5 Å². The molecule has 0 aliphatic rings. The molecule has 0 aliphatic heterocycles. The normalized spacial score (nSPS) is 11.2. The lowest BCUT2D eigenvalue weighted by molar-refractivity contribution is -0.116. The van der Waals surface area contributed by atoms with Crippen molar-refractivity contribution in [3.63, 3.8) is 0 Å². The summed E-state index contributed by atoms with van der Waals surface area (Å²) in [6.07, 6.45) is 5.33. The van der Waals surface area contributed by atoms with Crippen LogP contribution in [0.2, 0.25) is 0 Å². The lowest BCUT2D eigenvalue weighted by Gasteiger charge is -2.07. The lowest BCUT2D eigenvalue weighted by Crippen LogP contribution is -2.11. The van der Waals surface area contributed by atoms with Gasteiger partial charge in [0.2, 0.25) is 5.91 Å². The maximum Gasteiger partial charge on any atom is 0.224 e. The highest BCUT2D eigenvalue weighted by molar-refractivity contribution is 5.93. The summed E-state index contributed by atoms with van der Waals surface area (Å²) in [5.41, 5.74) is 7.22. The number of H-pyrrole nitrogens is 1. The molecule has 0 saturated carbocycles. The van der Waals surface area contributed by atoms with Gasteiger partial charge in [0.15, 0.2) is 0 Å². The van der Waals surface area contributed by atoms with E-state index in [-0.39, 0.29) is 5.91 Å². The van der Waals surface area contributed by atoms with Gasteiger partial charge in [-0.05, 0) is 61.7 Å². The number of anilines is 1. The number of hydrogen-bond donors (Lipinski definition) is 2. The number of aromatic nitrogens is 3. The van der Waals surface area contributed by atoms with Crippen LogP contribution in [0.3, 0.4) is 0 Å². The lowest BCUT2D eigenvalue weighted by atomic mass is 10.0. The van der Waals surface area contributed by atoms with Crippen LogP contribution in [-0.4, -0.2) is 20.9 Å². The molecule has 0 fully saturated rings. The van der Waals surface area contributed by atoms with Crippen LogP contribution < -0.4 is 5.32 Å². The summed E-state index contributed by atoms with van der Waals surface area (Å²) in [5.74, 6) is 0.0117. The molecule has 3 heterocycles. The molecule has 0 saturated heterocycles. The molecule has 5 aromatic rings. The number of hydrogen-bond acceptors (Lipinski definition) is 3. The second kappa shape index (κ2) is 8.63. The van der Waals surface area contributed by atoms with E-state index in [1.807, 2.05) is 18.2 Å². The number of carbonyl (C=O) groups is 1. The van der Waals surface area contributed by atoms with E-state index in [1.165, 1.54) is 16.5 Å². The summed E-state index contributed by atoms with van der Waals surface area (Å²) in [7, 11) is 0. The second-order valence-electron chi connectivity index (χ2n) is 8.05. The summed E-state index contributed by atoms with van der Waals surface area (Å²) < 4.78 is 0. The first-order valence-electron chi connectivity index (χ1n) is 10.8. The van der Waals surface area contributed by atoms with Gasteiger partial charge in [-0.1, -0.05) is 35.9 Å². The van der Waals surface area contributed by atoms with E-state index in [2.05, 4.69) is 58.6 Å². The van der Waals surface area contributed by atoms with Gasteiger partial charge >= 0.3 is 0 Å². The number of amides is 1. The first-order chi connectivity index (χ1) is 15.7. The number of pyridine rings is 2. The minimum absolute atomic E-state index is 0.0117. The topological polar surface area (TPSA) is 70.7 Å². The number of carbonyl (C=O) groups excluding carboxylic acids is 1. The molecule has 2 N–H and O–H groups in total. The maximum atomic E-state index is 12.4. The van der Waals surface area contributed by atoms with Crippen molar-refractivity contribution in [2.75, 3.05) is 5.32 Å². The van der Waals surface area contributed by atoms with Gasteiger partial charge in [0.1, 0.15) is 0 Å². The summed E-state index contributed by atoms with van der Waals surface area (Å²) >= 11 is 0. The number of nitrogens with one attached hydrogen (secondary N) is 2. The number of para-hydroxylation sites is 1. The molecule has 5 nitrogen and oxygen atoms in total. The average Bonchev–Trinajstić information content (AvgIpc) is 3.17. The van der Waals surface area contributed by atoms with E-state index < -0.39 is 0 Å². The van der Waals surface area contributed by atoms with Gasteiger partial charge in [-0.25, -0.2) is 4.98 Å². The van der Waals surface area contributed by atoms with Crippen LogP contribution in [0.15, 0.2) is 79.1 Å². The molecule has 0 radical (unpaired) electrons. The van der Waals surface area contributed by atoms with Crippen LogP contribution in [-0.2, 0) is 11.2 Å². The molecular weight excluding hydrogens is 396 g/mol. The first kappa shape index (κ1) is 19.9. The van der Waals surface area contributed by atoms with Crippen LogP contribution in [0.25, 0.3) is 33.2 Å². The van der Waals surface area contributed by atoms with Crippen LogP contribution in [0.4, 0.5) is 5.69 Å². The van der Waals surface area contributed by atoms with Crippen LogP contribution >= 0.6 is 0 Å². The molecule has 1 amide bonds. The molecule has 3 aromatic heterocycles. The van der Waals surface area contributed by atoms with Crippen molar-refractivity contribution in [2.24, 2.45) is 0 Å². The van der Waals surface area contributed by atoms with Gasteiger partial charge in [-0.2, -0.15) is 0 Å². The molecule has 5 rings (SSSR count). The fourth-order valence-corrected chi connectivity index (χ4v) is 4.13. The molecule has 0 spiro atoms. The Balaban J connectivity index is 1.43. The molecule has 0 bridgehead atoms. The van der Waals surface area contributed by atoms with Gasteiger partial charge in [-0.15, -0.1) is 0 Å². The largest absolute Gasteiger partial charge is 0.353 e. The van der Waals surface area contributed by atoms with Crippen molar-refractivity contribution in [3.8, 4) is 11.4 Å². The number of aromatic amines is 1. The Morgan fingerprint density at radius 1 is 1.00 bits per heavy atom. The molecule has 32 heavy (non-hydrogen) atoms. The van der Waals surface area contributed by atoms with E-state index in [4.69, 9.17) is 4.98 Å². The Kier molecular flexibility index (Phi) is 5.38. The van der Waals surface area contributed by atoms with Crippen molar-refractivity contribution in [1.29, 1.82) is 0 Å². The quantitative estimate of drug-likeness (QED) is 0.351. The molecule has 2 aromatic carbocycles. The minimum Gasteiger partial charge on any atom is -0.353 e. The molecule has 158 valence electrons. The zero-order valence-electron chi connectivity index (χ0n) is 17.9. The summed E-state index contributed by atoms with van der Waals surface area (Å²) in [6.45, 7) is 2.10. The number of fused-ring (bicyclic) bond motifs is 2. The van der Waals surface area contributed by atoms with Crippen molar-refractivity contribution in [3.05, 3.63) is 90.3 Å². The van der Waals surface area contributed by atoms with Crippen molar-refractivity contribution in [1.82, 2.24) is 15.0 Å². The monoisotopic (exact) mass is 420 g/mol. The summed E-state index contributed by atoms with van der Waals surface area (Å²) in [4.78, 5) is 24.9. The maximum absolute atomic E-state index is 12.4. The van der Waals surface area contributed by atoms with E-state index in [9.17, 15) is 4.79 Å². The standard InChI is InChI=1S/C27H24N4O/c1-18-9-11-24-22(17-18)21(6-4-8-26(32)29-20-13-15-28-16-14-20)27(31-24)25-12-10-19-5-2-3-7-23(19)30-25/h2-3,5,7,9-17,31H,4,6,8H2,1H3,(H,28,29,32). The fourth-order valence-electron chi connectivity index (χ4n) is 4.13. The highest BCUT2D eigenvalue weighted by Gasteiger charge is 2.15. The Bertz CT molecular complexity index is 1410. The third kappa shape index (κ3) is 4.10. The summed E-state index contributed by atoms with van der Waals surface area (Å²) in [6, 6.07) is 22.4. The van der Waals surface area contributed by atoms with Gasteiger partial charge in [0, 0.05) is 40.8 Å². The van der Waals surface area contributed by atoms with E-state index in [0.717, 1.165) is 46.3 Å². The van der Waals surface area contributed by atoms with Crippen LogP contribution in [0.1, 0.15) is 24.0 Å². The van der Waals surface area contributed by atoms with Gasteiger partial charge in [0.25, 0.3) is 0 Å². The third-order valence-electron chi connectivity index (χ3n) is 5.71. The summed E-state index contributed by atoms with van der Waals surface area (Å²) in [5, 5.41) is 5.26. The van der Waals surface area contributed by atoms with Gasteiger partial charge in [0.05, 0.1) is 16.9 Å². The Hall–Kier alpha value is -3.99. The van der Waals surface area contributed by atoms with Crippen molar-refractivity contribution < 1.29 is 4.79 Å². The molecule has 0 atom stereocenters. The number of rotatable bonds is 6. The fraction of sp³-hybridized carbons (Fsp3) is 0.148. The Labute approximate surface area is 186 Å². The van der Waals surface area contributed by atoms with Crippen molar-refractivity contribution >= 4 is 33.4 Å². The number of benzene rings is 2. The third-order valence-corrected chi connectivity index (χ3v) is 5.71. The van der Waals surface area contributed by atoms with Gasteiger partial charge < -0.3 is 10.3 Å². The van der Waals surface area contributed by atoms with E-state index in [0.29, 0.717) is 6.42 Å². The van der Waals surface area contributed by atoms with Crippen molar-refractivity contribution in [2.45, 2.75) is 26.2 Å². The predicted molar refractivity (Wildman–Crippen MR) is 130 cm³/mol. The van der Waals surface area contributed by atoms with E-state index >= 15 is 0 Å². The highest BCUT2D eigenvalue weighted by atomic mass is 16.1. The SMILES string of the molecule is Cc1ccc2[nH]c(-c3ccc4ccccc4n3)c(CCCC(=O)Nc3ccncc3)c2c1. The highest BCUT2D eigenvalue weighted by Crippen LogP contribution is 2.32. The zero-order valence-corrected chi connectivity index (χ0v) is 17.9. The predicted octanol–water partition coefficient (Wildman–Crippen LogP) is 6.05. The Morgan fingerprint density at radius 3 is 2.72 bits per heavy atom. The van der Waals surface area contributed by atoms with Crippen LogP contribution in [0.5, 0.6) is 0 Å². The zero-order chi connectivity index (χ0) is 21.9. The average molecular weight is 421 g/mol. The van der Waals surface area contributed by atoms with Crippen LogP contribution in [0, 0.1) is 6.92 Å². The molecule has 5 heteroatoms.